The van der Waals surface area contributed by atoms with E-state index in [0.717, 1.165) is 0 Å². The molecule has 0 aliphatic heterocycles. The average molecular weight is 164 g/mol. The lowest BCUT2D eigenvalue weighted by Crippen LogP contribution is -1.52. The van der Waals surface area contributed by atoms with E-state index in [1.807, 2.05) is 25.2 Å². The third-order valence-corrected chi connectivity index (χ3v) is 2.33. The van der Waals surface area contributed by atoms with Gasteiger partial charge >= 0.3 is 0 Å². The van der Waals surface area contributed by atoms with Crippen molar-refractivity contribution in [3.63, 3.8) is 0 Å². The van der Waals surface area contributed by atoms with Crippen molar-refractivity contribution in [3.8, 4) is 0 Å². The summed E-state index contributed by atoms with van der Waals surface area (Å²) in [7, 11) is 0. The number of thiophene rings is 1. The monoisotopic (exact) mass is 164 g/mol. The van der Waals surface area contributed by atoms with Gasteiger partial charge in [-0.25, -0.2) is 0 Å². The molecule has 0 bridgehead atoms. The van der Waals surface area contributed by atoms with Crippen LogP contribution in [0.5, 0.6) is 0 Å². The Kier molecular flexibility index (Phi) is 3.12. The maximum atomic E-state index is 2.14. The van der Waals surface area contributed by atoms with Crippen LogP contribution in [-0.4, -0.2) is 0 Å². The molecule has 1 heteroatoms. The molecule has 0 fully saturated rings. The lowest BCUT2D eigenvalue weighted by molar-refractivity contribution is 1.77. The van der Waals surface area contributed by atoms with E-state index in [9.17, 15) is 0 Å². The SMILES string of the molecule is C/C=C/c1ccc(/C=C/C)s1. The molecule has 1 aromatic heterocycles. The molecule has 0 atom stereocenters. The van der Waals surface area contributed by atoms with Gasteiger partial charge in [0.1, 0.15) is 0 Å². The van der Waals surface area contributed by atoms with Crippen LogP contribution in [0, 0.1) is 0 Å². The quantitative estimate of drug-likeness (QED) is 0.623. The number of hydrogen-bond acceptors (Lipinski definition) is 1. The van der Waals surface area contributed by atoms with Gasteiger partial charge in [0.2, 0.25) is 0 Å². The smallest absolute Gasteiger partial charge is 0.0273 e. The normalized spacial score (nSPS) is 11.8. The molecule has 0 unspecified atom stereocenters. The third-order valence-electron chi connectivity index (χ3n) is 1.31. The zero-order valence-corrected chi connectivity index (χ0v) is 7.69. The van der Waals surface area contributed by atoms with Gasteiger partial charge in [0.15, 0.2) is 0 Å². The maximum Gasteiger partial charge on any atom is 0.0273 e. The molecule has 0 aliphatic carbocycles. The zero-order chi connectivity index (χ0) is 8.10. The summed E-state index contributed by atoms with van der Waals surface area (Å²) in [6, 6.07) is 4.28. The van der Waals surface area contributed by atoms with Crippen molar-refractivity contribution in [2.24, 2.45) is 0 Å². The van der Waals surface area contributed by atoms with Gasteiger partial charge in [-0.2, -0.15) is 0 Å². The van der Waals surface area contributed by atoms with Gasteiger partial charge in [-0.05, 0) is 38.1 Å². The van der Waals surface area contributed by atoms with E-state index in [4.69, 9.17) is 0 Å². The van der Waals surface area contributed by atoms with E-state index in [-0.39, 0.29) is 0 Å². The summed E-state index contributed by atoms with van der Waals surface area (Å²) >= 11 is 1.81. The zero-order valence-electron chi connectivity index (χ0n) is 6.87. The summed E-state index contributed by atoms with van der Waals surface area (Å²) < 4.78 is 0. The number of allylic oxidation sites excluding steroid dienone is 2. The minimum Gasteiger partial charge on any atom is -0.137 e. The van der Waals surface area contributed by atoms with Crippen molar-refractivity contribution < 1.29 is 0 Å². The van der Waals surface area contributed by atoms with Crippen molar-refractivity contribution in [3.05, 3.63) is 34.0 Å². The Bertz CT molecular complexity index is 240. The summed E-state index contributed by atoms with van der Waals surface area (Å²) in [6.45, 7) is 4.07. The Morgan fingerprint density at radius 2 is 1.45 bits per heavy atom. The summed E-state index contributed by atoms with van der Waals surface area (Å²) in [4.78, 5) is 2.64. The van der Waals surface area contributed by atoms with Crippen molar-refractivity contribution in [2.75, 3.05) is 0 Å². The second kappa shape index (κ2) is 4.14. The van der Waals surface area contributed by atoms with Crippen LogP contribution in [0.25, 0.3) is 12.2 Å². The predicted octanol–water partition coefficient (Wildman–Crippen LogP) is 3.81. The van der Waals surface area contributed by atoms with Crippen LogP contribution in [0.4, 0.5) is 0 Å². The highest BCUT2D eigenvalue weighted by Gasteiger charge is 1.90. The molecule has 0 amide bonds. The molecule has 1 heterocycles. The molecule has 0 radical (unpaired) electrons. The lowest BCUT2D eigenvalue weighted by atomic mass is 10.4. The molecule has 1 aromatic rings. The topological polar surface area (TPSA) is 0 Å². The largest absolute Gasteiger partial charge is 0.137 e. The van der Waals surface area contributed by atoms with Gasteiger partial charge in [-0.1, -0.05) is 12.2 Å². The third kappa shape index (κ3) is 2.35. The molecule has 0 aromatic carbocycles. The lowest BCUT2D eigenvalue weighted by Gasteiger charge is -1.80. The Balaban J connectivity index is 2.81. The molecule has 0 saturated carbocycles. The van der Waals surface area contributed by atoms with Crippen LogP contribution in [0.15, 0.2) is 24.3 Å². The van der Waals surface area contributed by atoms with E-state index in [0.29, 0.717) is 0 Å². The second-order valence-corrected chi connectivity index (χ2v) is 3.39. The summed E-state index contributed by atoms with van der Waals surface area (Å²) in [5.41, 5.74) is 0. The minimum absolute atomic E-state index is 1.32. The van der Waals surface area contributed by atoms with Gasteiger partial charge in [0, 0.05) is 9.75 Å². The number of rotatable bonds is 2. The molecule has 58 valence electrons. The van der Waals surface area contributed by atoms with E-state index in [1.165, 1.54) is 9.75 Å². The van der Waals surface area contributed by atoms with Crippen molar-refractivity contribution in [1.82, 2.24) is 0 Å². The molecule has 11 heavy (non-hydrogen) atoms. The highest BCUT2D eigenvalue weighted by molar-refractivity contribution is 7.13. The van der Waals surface area contributed by atoms with E-state index >= 15 is 0 Å². The molecular weight excluding hydrogens is 152 g/mol. The number of hydrogen-bond donors (Lipinski definition) is 0. The van der Waals surface area contributed by atoms with Crippen LogP contribution in [-0.2, 0) is 0 Å². The van der Waals surface area contributed by atoms with Gasteiger partial charge in [-0.15, -0.1) is 11.3 Å². The standard InChI is InChI=1S/C10H12S/c1-3-5-9-7-8-10(11-9)6-4-2/h3-8H,1-2H3/b5-3+,6-4+. The molecule has 1 rings (SSSR count). The molecule has 0 saturated heterocycles. The van der Waals surface area contributed by atoms with Gasteiger partial charge < -0.3 is 0 Å². The van der Waals surface area contributed by atoms with E-state index in [2.05, 4.69) is 36.4 Å². The molecule has 0 nitrogen and oxygen atoms in total. The highest BCUT2D eigenvalue weighted by Crippen LogP contribution is 2.18. The van der Waals surface area contributed by atoms with Crippen LogP contribution < -0.4 is 0 Å². The predicted molar refractivity (Wildman–Crippen MR) is 53.7 cm³/mol. The summed E-state index contributed by atoms with van der Waals surface area (Å²) in [5, 5.41) is 0. The molecular formula is C10H12S. The molecule has 0 aliphatic rings. The fourth-order valence-corrected chi connectivity index (χ4v) is 1.83. The first-order chi connectivity index (χ1) is 5.36. The summed E-state index contributed by atoms with van der Waals surface area (Å²) in [6.07, 6.45) is 8.37. The first kappa shape index (κ1) is 8.28. The maximum absolute atomic E-state index is 2.14. The first-order valence-electron chi connectivity index (χ1n) is 3.72. The van der Waals surface area contributed by atoms with Crippen molar-refractivity contribution in [1.29, 1.82) is 0 Å². The molecule has 0 spiro atoms. The minimum atomic E-state index is 1.32. The van der Waals surface area contributed by atoms with Gasteiger partial charge in [0.05, 0.1) is 0 Å². The van der Waals surface area contributed by atoms with Gasteiger partial charge in [-0.3, -0.25) is 0 Å². The van der Waals surface area contributed by atoms with Crippen molar-refractivity contribution >= 4 is 23.5 Å². The van der Waals surface area contributed by atoms with Crippen molar-refractivity contribution in [2.45, 2.75) is 13.8 Å². The van der Waals surface area contributed by atoms with Crippen LogP contribution in [0.2, 0.25) is 0 Å². The Labute approximate surface area is 71.9 Å². The van der Waals surface area contributed by atoms with Crippen LogP contribution in [0.1, 0.15) is 23.6 Å². The van der Waals surface area contributed by atoms with Crippen LogP contribution in [0.3, 0.4) is 0 Å². The fourth-order valence-electron chi connectivity index (χ4n) is 0.876. The second-order valence-electron chi connectivity index (χ2n) is 2.24. The Morgan fingerprint density at radius 3 is 1.82 bits per heavy atom. The average Bonchev–Trinajstić information content (AvgIpc) is 2.38. The van der Waals surface area contributed by atoms with Crippen LogP contribution >= 0.6 is 11.3 Å². The fraction of sp³-hybridized carbons (Fsp3) is 0.200. The van der Waals surface area contributed by atoms with Gasteiger partial charge in [0.25, 0.3) is 0 Å². The molecule has 0 N–H and O–H groups in total. The summed E-state index contributed by atoms with van der Waals surface area (Å²) in [5.74, 6) is 0. The Morgan fingerprint density at radius 1 is 1.00 bits per heavy atom. The van der Waals surface area contributed by atoms with E-state index in [1.54, 1.807) is 0 Å². The Hall–Kier alpha value is -0.820. The highest BCUT2D eigenvalue weighted by atomic mass is 32.1. The van der Waals surface area contributed by atoms with E-state index < -0.39 is 0 Å². The first-order valence-corrected chi connectivity index (χ1v) is 4.53.